The highest BCUT2D eigenvalue weighted by Crippen LogP contribution is 2.34. The number of anilines is 2. The molecule has 5 rings (SSSR count). The zero-order chi connectivity index (χ0) is 29.6. The van der Waals surface area contributed by atoms with E-state index in [2.05, 4.69) is 89.2 Å². The van der Waals surface area contributed by atoms with E-state index in [9.17, 15) is 0 Å². The van der Waals surface area contributed by atoms with Crippen molar-refractivity contribution in [1.29, 1.82) is 5.53 Å². The molecule has 2 aromatic rings. The maximum absolute atomic E-state index is 7.57. The Kier molecular flexibility index (Phi) is 9.75. The van der Waals surface area contributed by atoms with Crippen LogP contribution in [0.3, 0.4) is 0 Å². The molecule has 2 N–H and O–H groups in total. The van der Waals surface area contributed by atoms with Crippen LogP contribution in [0.1, 0.15) is 57.6 Å². The van der Waals surface area contributed by atoms with Crippen molar-refractivity contribution in [3.05, 3.63) is 76.3 Å². The molecule has 8 nitrogen and oxygen atoms in total. The number of hydrogen-bond donors (Lipinski definition) is 2. The fourth-order valence-corrected chi connectivity index (χ4v) is 6.18. The molecule has 1 fully saturated rings. The van der Waals surface area contributed by atoms with Crippen LogP contribution >= 0.6 is 11.6 Å². The van der Waals surface area contributed by atoms with E-state index in [0.717, 1.165) is 80.3 Å². The van der Waals surface area contributed by atoms with Gasteiger partial charge in [0.2, 0.25) is 6.29 Å². The second-order valence-corrected chi connectivity index (χ2v) is 11.8. The standard InChI is InChI=1S/C33H43ClN8/c1-5-7-8-31(39-35)24-9-14-29(30(34)20-24)26-19-25-21-36-33(38-32(25)40(6-2)22-26)37-27-10-12-28(13-11-27)42-17-15-41(16-18-42)23(3)4/h8-14,19-21,23,26,33,35,37H,5-7,15-18,22H2,1-4H3/b31-8-,39-35?. The lowest BCUT2D eigenvalue weighted by Crippen LogP contribution is -2.48. The third-order valence-corrected chi connectivity index (χ3v) is 8.68. The van der Waals surface area contributed by atoms with Gasteiger partial charge < -0.3 is 15.1 Å². The van der Waals surface area contributed by atoms with E-state index in [1.807, 2.05) is 24.4 Å². The highest BCUT2D eigenvalue weighted by molar-refractivity contribution is 6.31. The maximum atomic E-state index is 7.57. The zero-order valence-electron chi connectivity index (χ0n) is 25.2. The average molecular weight is 587 g/mol. The van der Waals surface area contributed by atoms with E-state index in [-0.39, 0.29) is 12.2 Å². The van der Waals surface area contributed by atoms with Gasteiger partial charge in [-0.15, -0.1) is 0 Å². The minimum Gasteiger partial charge on any atom is -0.369 e. The van der Waals surface area contributed by atoms with Gasteiger partial charge in [0.05, 0.1) is 5.70 Å². The first-order valence-electron chi connectivity index (χ1n) is 15.2. The molecule has 3 aliphatic heterocycles. The smallest absolute Gasteiger partial charge is 0.216 e. The number of nitrogens with zero attached hydrogens (tertiary/aromatic N) is 6. The number of hydrogen-bond acceptors (Lipinski definition) is 8. The second-order valence-electron chi connectivity index (χ2n) is 11.4. The van der Waals surface area contributed by atoms with Gasteiger partial charge in [0.25, 0.3) is 0 Å². The van der Waals surface area contributed by atoms with Crippen molar-refractivity contribution < 1.29 is 0 Å². The number of likely N-dealkylation sites (N-methyl/N-ethyl adjacent to an activating group) is 1. The van der Waals surface area contributed by atoms with Gasteiger partial charge in [-0.05, 0) is 63.1 Å². The number of piperazine rings is 1. The summed E-state index contributed by atoms with van der Waals surface area (Å²) in [6, 6.07) is 15.3. The van der Waals surface area contributed by atoms with Crippen LogP contribution in [0.2, 0.25) is 5.02 Å². The van der Waals surface area contributed by atoms with Gasteiger partial charge in [0.15, 0.2) is 0 Å². The van der Waals surface area contributed by atoms with Crippen LogP contribution in [0.15, 0.2) is 75.3 Å². The Morgan fingerprint density at radius 2 is 1.88 bits per heavy atom. The number of aliphatic imine (C=N–C) groups is 2. The molecule has 1 saturated heterocycles. The Balaban J connectivity index is 1.27. The van der Waals surface area contributed by atoms with Gasteiger partial charge in [0, 0.05) is 85.0 Å². The minimum absolute atomic E-state index is 0.113. The van der Waals surface area contributed by atoms with Gasteiger partial charge >= 0.3 is 0 Å². The Bertz CT molecular complexity index is 1370. The van der Waals surface area contributed by atoms with Crippen molar-refractivity contribution in [2.45, 2.75) is 58.8 Å². The first kappa shape index (κ1) is 30.0. The Morgan fingerprint density at radius 3 is 2.52 bits per heavy atom. The summed E-state index contributed by atoms with van der Waals surface area (Å²) >= 11 is 6.80. The van der Waals surface area contributed by atoms with E-state index >= 15 is 0 Å². The van der Waals surface area contributed by atoms with Gasteiger partial charge in [0.1, 0.15) is 5.84 Å². The second kappa shape index (κ2) is 13.7. The summed E-state index contributed by atoms with van der Waals surface area (Å²) in [6.07, 6.45) is 7.68. The number of nitrogens with one attached hydrogen (secondary N) is 2. The number of halogens is 1. The van der Waals surface area contributed by atoms with Crippen LogP contribution in [0.5, 0.6) is 0 Å². The number of amidine groups is 1. The molecule has 0 radical (unpaired) electrons. The maximum Gasteiger partial charge on any atom is 0.216 e. The molecule has 0 spiro atoms. The largest absolute Gasteiger partial charge is 0.369 e. The van der Waals surface area contributed by atoms with Gasteiger partial charge in [-0.25, -0.2) is 15.5 Å². The summed E-state index contributed by atoms with van der Waals surface area (Å²) in [5.41, 5.74) is 13.5. The highest BCUT2D eigenvalue weighted by atomic mass is 35.5. The van der Waals surface area contributed by atoms with Crippen molar-refractivity contribution in [1.82, 2.24) is 9.80 Å². The summed E-state index contributed by atoms with van der Waals surface area (Å²) in [4.78, 5) is 17.0. The van der Waals surface area contributed by atoms with Crippen LogP contribution in [0.4, 0.5) is 11.4 Å². The van der Waals surface area contributed by atoms with Crippen molar-refractivity contribution in [3.8, 4) is 0 Å². The lowest BCUT2D eigenvalue weighted by molar-refractivity contribution is 0.209. The molecule has 3 aliphatic rings. The molecular weight excluding hydrogens is 544 g/mol. The first-order chi connectivity index (χ1) is 20.4. The zero-order valence-corrected chi connectivity index (χ0v) is 26.0. The summed E-state index contributed by atoms with van der Waals surface area (Å²) in [6.45, 7) is 14.8. The number of unbranched alkanes of at least 4 members (excludes halogenated alkanes) is 1. The summed E-state index contributed by atoms with van der Waals surface area (Å²) in [5.74, 6) is 1.08. The fraction of sp³-hybridized carbons (Fsp3) is 0.455. The van der Waals surface area contributed by atoms with E-state index in [0.29, 0.717) is 16.8 Å². The molecule has 0 bridgehead atoms. The Labute approximate surface area is 255 Å². The molecular formula is C33H43ClN8. The predicted molar refractivity (Wildman–Crippen MR) is 176 cm³/mol. The normalized spacial score (nSPS) is 21.2. The van der Waals surface area contributed by atoms with Crippen LogP contribution in [0.25, 0.3) is 5.70 Å². The van der Waals surface area contributed by atoms with Gasteiger partial charge in [-0.1, -0.05) is 49.2 Å². The molecule has 0 aliphatic carbocycles. The van der Waals surface area contributed by atoms with Crippen LogP contribution in [-0.2, 0) is 0 Å². The van der Waals surface area contributed by atoms with E-state index < -0.39 is 0 Å². The molecule has 0 saturated carbocycles. The summed E-state index contributed by atoms with van der Waals surface area (Å²) in [5, 5.41) is 7.89. The van der Waals surface area contributed by atoms with Crippen molar-refractivity contribution in [2.75, 3.05) is 49.5 Å². The number of allylic oxidation sites excluding steroid dienone is 1. The van der Waals surface area contributed by atoms with E-state index in [4.69, 9.17) is 27.1 Å². The molecule has 9 heteroatoms. The molecule has 3 heterocycles. The number of rotatable bonds is 10. The average Bonchev–Trinajstić information content (AvgIpc) is 3.01. The van der Waals surface area contributed by atoms with Crippen molar-refractivity contribution >= 4 is 40.7 Å². The van der Waals surface area contributed by atoms with Gasteiger partial charge in [-0.2, -0.15) is 5.11 Å². The quantitative estimate of drug-likeness (QED) is 0.287. The van der Waals surface area contributed by atoms with Crippen LogP contribution in [-0.4, -0.2) is 73.5 Å². The molecule has 0 aromatic heterocycles. The molecule has 0 amide bonds. The minimum atomic E-state index is -0.368. The van der Waals surface area contributed by atoms with Crippen molar-refractivity contribution in [3.63, 3.8) is 0 Å². The predicted octanol–water partition coefficient (Wildman–Crippen LogP) is 7.27. The molecule has 222 valence electrons. The molecule has 2 unspecified atom stereocenters. The lowest BCUT2D eigenvalue weighted by atomic mass is 9.91. The molecule has 2 atom stereocenters. The SMILES string of the molecule is CCC/C=C(\N=N)c1ccc(C2C=C3C=NC(Nc4ccc(N5CCN(C(C)C)CC5)cc4)N=C3N(CC)C2)c(Cl)c1. The monoisotopic (exact) mass is 586 g/mol. The third-order valence-electron chi connectivity index (χ3n) is 8.35. The van der Waals surface area contributed by atoms with E-state index in [1.165, 1.54) is 5.69 Å². The van der Waals surface area contributed by atoms with Crippen LogP contribution < -0.4 is 10.2 Å². The Morgan fingerprint density at radius 1 is 1.12 bits per heavy atom. The van der Waals surface area contributed by atoms with E-state index in [1.54, 1.807) is 0 Å². The van der Waals surface area contributed by atoms with Crippen molar-refractivity contribution in [2.24, 2.45) is 15.1 Å². The first-order valence-corrected chi connectivity index (χ1v) is 15.6. The topological polar surface area (TPSA) is 82.7 Å². The number of fused-ring (bicyclic) bond motifs is 1. The van der Waals surface area contributed by atoms with Gasteiger partial charge in [-0.3, -0.25) is 4.90 Å². The fourth-order valence-electron chi connectivity index (χ4n) is 5.85. The molecule has 2 aromatic carbocycles. The van der Waals surface area contributed by atoms with Crippen LogP contribution in [0, 0.1) is 5.53 Å². The molecule has 42 heavy (non-hydrogen) atoms. The Hall–Kier alpha value is -3.49. The summed E-state index contributed by atoms with van der Waals surface area (Å²) in [7, 11) is 0. The lowest BCUT2D eigenvalue weighted by Gasteiger charge is -2.38. The third kappa shape index (κ3) is 6.76. The summed E-state index contributed by atoms with van der Waals surface area (Å²) < 4.78 is 0. The number of benzene rings is 2. The highest BCUT2D eigenvalue weighted by Gasteiger charge is 2.29.